The normalized spacial score (nSPS) is 11.2. The number of nitrogens with zero attached hydrogens (tertiary/aromatic N) is 1. The molecule has 0 spiro atoms. The van der Waals surface area contributed by atoms with Gasteiger partial charge >= 0.3 is 0 Å². The van der Waals surface area contributed by atoms with Crippen molar-refractivity contribution in [3.8, 4) is 5.75 Å². The maximum atomic E-state index is 10.7. The van der Waals surface area contributed by atoms with Gasteiger partial charge in [0.25, 0.3) is 5.91 Å². The van der Waals surface area contributed by atoms with Crippen LogP contribution in [0, 0.1) is 0 Å². The Bertz CT molecular complexity index is 654. The van der Waals surface area contributed by atoms with Crippen LogP contribution in [0.1, 0.15) is 10.4 Å². The topological polar surface area (TPSA) is 103 Å². The minimum atomic E-state index is -0.489. The second-order valence-electron chi connectivity index (χ2n) is 5.17. The van der Waals surface area contributed by atoms with E-state index in [1.165, 1.54) is 4.88 Å². The van der Waals surface area contributed by atoms with Crippen LogP contribution < -0.4 is 21.5 Å². The molecule has 0 radical (unpaired) electrons. The van der Waals surface area contributed by atoms with E-state index in [-0.39, 0.29) is 6.61 Å². The van der Waals surface area contributed by atoms with Gasteiger partial charge in [0.15, 0.2) is 12.6 Å². The van der Waals surface area contributed by atoms with Gasteiger partial charge in [-0.2, -0.15) is 0 Å². The minimum absolute atomic E-state index is 0.112. The summed E-state index contributed by atoms with van der Waals surface area (Å²) >= 11 is 1.73. The summed E-state index contributed by atoms with van der Waals surface area (Å²) in [5, 5.41) is 5.17. The van der Waals surface area contributed by atoms with Crippen LogP contribution in [-0.2, 0) is 17.6 Å². The molecule has 0 atom stereocenters. The van der Waals surface area contributed by atoms with Crippen LogP contribution in [0.4, 0.5) is 0 Å². The highest BCUT2D eigenvalue weighted by molar-refractivity contribution is 7.09. The zero-order valence-corrected chi connectivity index (χ0v) is 14.2. The molecule has 1 aromatic carbocycles. The van der Waals surface area contributed by atoms with Crippen LogP contribution in [0.25, 0.3) is 0 Å². The summed E-state index contributed by atoms with van der Waals surface area (Å²) in [6.07, 6.45) is 1.73. The molecule has 0 aliphatic rings. The van der Waals surface area contributed by atoms with E-state index in [1.54, 1.807) is 11.3 Å². The van der Waals surface area contributed by atoms with Crippen LogP contribution >= 0.6 is 11.3 Å². The van der Waals surface area contributed by atoms with Crippen molar-refractivity contribution >= 4 is 23.2 Å². The number of nitrogens with one attached hydrogen (secondary N) is 1. The van der Waals surface area contributed by atoms with E-state index in [2.05, 4.69) is 21.8 Å². The molecule has 0 unspecified atom stereocenters. The predicted molar refractivity (Wildman–Crippen MR) is 97.4 cm³/mol. The van der Waals surface area contributed by atoms with E-state index >= 15 is 0 Å². The van der Waals surface area contributed by atoms with Crippen LogP contribution in [0.5, 0.6) is 5.75 Å². The van der Waals surface area contributed by atoms with Crippen LogP contribution in [-0.4, -0.2) is 31.6 Å². The van der Waals surface area contributed by atoms with E-state index in [4.69, 9.17) is 16.2 Å². The molecule has 0 bridgehead atoms. The van der Waals surface area contributed by atoms with Gasteiger partial charge in [-0.25, -0.2) is 0 Å². The van der Waals surface area contributed by atoms with E-state index in [0.29, 0.717) is 24.8 Å². The van der Waals surface area contributed by atoms with Gasteiger partial charge in [0.2, 0.25) is 0 Å². The van der Waals surface area contributed by atoms with Gasteiger partial charge in [-0.15, -0.1) is 11.3 Å². The summed E-state index contributed by atoms with van der Waals surface area (Å²) in [6.45, 7) is 1.28. The molecule has 1 aromatic heterocycles. The lowest BCUT2D eigenvalue weighted by molar-refractivity contribution is -0.119. The van der Waals surface area contributed by atoms with E-state index < -0.39 is 5.91 Å². The molecule has 0 aliphatic carbocycles. The largest absolute Gasteiger partial charge is 0.484 e. The Hall–Kier alpha value is -2.54. The maximum absolute atomic E-state index is 10.7. The number of aliphatic imine (C=N–C) groups is 1. The first kappa shape index (κ1) is 17.8. The van der Waals surface area contributed by atoms with Crippen molar-refractivity contribution in [2.24, 2.45) is 16.5 Å². The molecule has 0 saturated heterocycles. The van der Waals surface area contributed by atoms with Gasteiger partial charge in [-0.1, -0.05) is 18.2 Å². The summed E-state index contributed by atoms with van der Waals surface area (Å²) in [4.78, 5) is 16.3. The third-order valence-corrected chi connectivity index (χ3v) is 4.18. The zero-order chi connectivity index (χ0) is 17.2. The van der Waals surface area contributed by atoms with Crippen molar-refractivity contribution < 1.29 is 9.53 Å². The average Bonchev–Trinajstić information content (AvgIpc) is 3.07. The summed E-state index contributed by atoms with van der Waals surface area (Å²) < 4.78 is 5.21. The summed E-state index contributed by atoms with van der Waals surface area (Å²) in [5.41, 5.74) is 12.0. The Morgan fingerprint density at radius 3 is 2.62 bits per heavy atom. The molecule has 0 aliphatic heterocycles. The fourth-order valence-electron chi connectivity index (χ4n) is 2.04. The zero-order valence-electron chi connectivity index (χ0n) is 13.4. The number of amides is 1. The molecule has 24 heavy (non-hydrogen) atoms. The fraction of sp³-hybridized carbons (Fsp3) is 0.294. The van der Waals surface area contributed by atoms with Gasteiger partial charge in [-0.05, 0) is 35.6 Å². The number of thiophene rings is 1. The molecular formula is C17H22N4O2S. The number of hydrogen-bond acceptors (Lipinski definition) is 4. The molecule has 1 amide bonds. The molecule has 5 N–H and O–H groups in total. The lowest BCUT2D eigenvalue weighted by Crippen LogP contribution is -2.33. The van der Waals surface area contributed by atoms with Crippen molar-refractivity contribution in [2.45, 2.75) is 12.8 Å². The number of carbonyl (C=O) groups is 1. The molecule has 2 rings (SSSR count). The van der Waals surface area contributed by atoms with Crippen LogP contribution in [0.3, 0.4) is 0 Å². The van der Waals surface area contributed by atoms with Crippen molar-refractivity contribution in [2.75, 3.05) is 19.7 Å². The number of ether oxygens (including phenoxy) is 1. The first-order valence-corrected chi connectivity index (χ1v) is 8.57. The third-order valence-electron chi connectivity index (χ3n) is 3.24. The number of nitrogens with two attached hydrogens (primary N) is 2. The lowest BCUT2D eigenvalue weighted by Gasteiger charge is -2.07. The number of rotatable bonds is 9. The second kappa shape index (κ2) is 9.57. The van der Waals surface area contributed by atoms with Gasteiger partial charge in [0.1, 0.15) is 5.75 Å². The van der Waals surface area contributed by atoms with Crippen LogP contribution in [0.15, 0.2) is 46.8 Å². The molecule has 0 fully saturated rings. The van der Waals surface area contributed by atoms with E-state index in [1.807, 2.05) is 30.3 Å². The smallest absolute Gasteiger partial charge is 0.255 e. The monoisotopic (exact) mass is 346 g/mol. The highest BCUT2D eigenvalue weighted by atomic mass is 32.1. The van der Waals surface area contributed by atoms with Crippen LogP contribution in [0.2, 0.25) is 0 Å². The summed E-state index contributed by atoms with van der Waals surface area (Å²) in [5.74, 6) is 0.602. The first-order chi connectivity index (χ1) is 11.6. The van der Waals surface area contributed by atoms with Gasteiger partial charge in [0.05, 0.1) is 0 Å². The van der Waals surface area contributed by atoms with Crippen molar-refractivity contribution in [3.63, 3.8) is 0 Å². The highest BCUT2D eigenvalue weighted by Crippen LogP contribution is 2.12. The van der Waals surface area contributed by atoms with E-state index in [9.17, 15) is 4.79 Å². The fourth-order valence-corrected chi connectivity index (χ4v) is 2.74. The molecule has 0 saturated carbocycles. The minimum Gasteiger partial charge on any atom is -0.484 e. The third kappa shape index (κ3) is 6.70. The molecular weight excluding hydrogens is 324 g/mol. The Morgan fingerprint density at radius 2 is 1.96 bits per heavy atom. The van der Waals surface area contributed by atoms with Gasteiger partial charge in [0, 0.05) is 24.4 Å². The van der Waals surface area contributed by atoms with Crippen molar-refractivity contribution in [3.05, 3.63) is 52.2 Å². The molecule has 128 valence electrons. The van der Waals surface area contributed by atoms with Gasteiger partial charge in [-0.3, -0.25) is 9.79 Å². The van der Waals surface area contributed by atoms with Crippen molar-refractivity contribution in [1.29, 1.82) is 0 Å². The molecule has 1 heterocycles. The Labute approximate surface area is 145 Å². The van der Waals surface area contributed by atoms with E-state index in [0.717, 1.165) is 18.4 Å². The number of benzene rings is 1. The quantitative estimate of drug-likeness (QED) is 0.470. The Balaban J connectivity index is 1.66. The number of hydrogen-bond donors (Lipinski definition) is 3. The highest BCUT2D eigenvalue weighted by Gasteiger charge is 1.99. The average molecular weight is 346 g/mol. The molecule has 2 aromatic rings. The maximum Gasteiger partial charge on any atom is 0.255 e. The van der Waals surface area contributed by atoms with Gasteiger partial charge < -0.3 is 21.5 Å². The SMILES string of the molecule is NC(=O)COc1ccc(CCNC(N)=NCCc2cccs2)cc1. The number of guanidine groups is 1. The Morgan fingerprint density at radius 1 is 1.17 bits per heavy atom. The lowest BCUT2D eigenvalue weighted by atomic mass is 10.1. The first-order valence-electron chi connectivity index (χ1n) is 7.69. The second-order valence-corrected chi connectivity index (χ2v) is 6.20. The summed E-state index contributed by atoms with van der Waals surface area (Å²) in [6, 6.07) is 11.7. The number of carbonyl (C=O) groups excluding carboxylic acids is 1. The molecule has 7 heteroatoms. The predicted octanol–water partition coefficient (Wildman–Crippen LogP) is 1.30. The standard InChI is InChI=1S/C17H22N4O2S/c18-16(22)12-23-14-5-3-13(4-6-14)7-9-20-17(19)21-10-8-15-2-1-11-24-15/h1-6,11H,7-10,12H2,(H2,18,22)(H3,19,20,21). The number of primary amides is 1. The summed E-state index contributed by atoms with van der Waals surface area (Å²) in [7, 11) is 0. The Kier molecular flexibility index (Phi) is 7.10. The molecule has 6 nitrogen and oxygen atoms in total. The van der Waals surface area contributed by atoms with Crippen molar-refractivity contribution in [1.82, 2.24) is 5.32 Å².